The molecule has 0 radical (unpaired) electrons. The first-order valence-electron chi connectivity index (χ1n) is 12.1. The smallest absolute Gasteiger partial charge is 0.469 e. The third-order valence-electron chi connectivity index (χ3n) is 5.34. The van der Waals surface area contributed by atoms with Gasteiger partial charge in [0, 0.05) is 0 Å². The van der Waals surface area contributed by atoms with E-state index in [0.717, 1.165) is 7.11 Å². The van der Waals surface area contributed by atoms with Crippen LogP contribution in [-0.4, -0.2) is 85.9 Å². The number of esters is 2. The minimum Gasteiger partial charge on any atom is -0.469 e. The second kappa shape index (κ2) is 15.9. The number of benzene rings is 1. The van der Waals surface area contributed by atoms with Crippen molar-refractivity contribution in [1.82, 2.24) is 21.3 Å². The van der Waals surface area contributed by atoms with Crippen LogP contribution in [0.25, 0.3) is 0 Å². The number of carbonyl (C=O) groups excluding carboxylic acids is 7. The maximum absolute atomic E-state index is 12.7. The fourth-order valence-electron chi connectivity index (χ4n) is 3.08. The molecule has 41 heavy (non-hydrogen) atoms. The van der Waals surface area contributed by atoms with Crippen LogP contribution < -0.4 is 21.3 Å². The average molecular weight is 589 g/mol. The zero-order chi connectivity index (χ0) is 31.3. The van der Waals surface area contributed by atoms with Gasteiger partial charge in [0.15, 0.2) is 12.4 Å². The summed E-state index contributed by atoms with van der Waals surface area (Å²) in [6, 6.07) is 3.60. The Kier molecular flexibility index (Phi) is 13.4. The number of nitrogens with one attached hydrogen (secondary N) is 4. The van der Waals surface area contributed by atoms with Gasteiger partial charge < -0.3 is 30.7 Å². The number of carbonyl (C=O) groups is 7. The predicted octanol–water partition coefficient (Wildman–Crippen LogP) is -0.216. The molecule has 1 aromatic rings. The van der Waals surface area contributed by atoms with Crippen LogP contribution in [0.4, 0.5) is 13.2 Å². The highest BCUT2D eigenvalue weighted by molar-refractivity contribution is 5.98. The first-order valence-corrected chi connectivity index (χ1v) is 12.1. The highest BCUT2D eigenvalue weighted by Gasteiger charge is 2.39. The van der Waals surface area contributed by atoms with Gasteiger partial charge >= 0.3 is 24.0 Å². The van der Waals surface area contributed by atoms with Gasteiger partial charge in [-0.25, -0.2) is 4.79 Å². The molecule has 0 bridgehead atoms. The molecule has 1 rings (SSSR count). The average Bonchev–Trinajstić information content (AvgIpc) is 2.91. The Hall–Kier alpha value is -4.50. The second-order valence-corrected chi connectivity index (χ2v) is 8.95. The summed E-state index contributed by atoms with van der Waals surface area (Å²) < 4.78 is 46.4. The SMILES string of the molecule is COC(=O)CC(NC(=O)C(C)NC(=O)C(NC(=O)CNC(=O)C(F)(F)F)C(C)C)C(=O)COC(=O)c1ccccc1. The van der Waals surface area contributed by atoms with E-state index in [-0.39, 0.29) is 5.56 Å². The van der Waals surface area contributed by atoms with E-state index in [9.17, 15) is 46.7 Å². The molecule has 0 spiro atoms. The van der Waals surface area contributed by atoms with Crippen molar-refractivity contribution in [1.29, 1.82) is 0 Å². The molecule has 3 atom stereocenters. The quantitative estimate of drug-likeness (QED) is 0.213. The lowest BCUT2D eigenvalue weighted by Crippen LogP contribution is -2.57. The largest absolute Gasteiger partial charge is 0.471 e. The molecule has 1 aromatic carbocycles. The predicted molar refractivity (Wildman–Crippen MR) is 134 cm³/mol. The summed E-state index contributed by atoms with van der Waals surface area (Å²) in [7, 11) is 1.05. The van der Waals surface area contributed by atoms with E-state index in [4.69, 9.17) is 4.74 Å². The molecule has 226 valence electrons. The normalized spacial score (nSPS) is 13.2. The number of ether oxygens (including phenoxy) is 2. The van der Waals surface area contributed by atoms with Crippen molar-refractivity contribution >= 4 is 41.4 Å². The molecule has 0 saturated carbocycles. The molecule has 0 aliphatic rings. The zero-order valence-corrected chi connectivity index (χ0v) is 22.6. The van der Waals surface area contributed by atoms with E-state index in [1.807, 2.05) is 0 Å². The van der Waals surface area contributed by atoms with Crippen LogP contribution in [0.5, 0.6) is 0 Å². The standard InChI is InChI=1S/C25H31F3N4O9/c1-13(2)20(32-18(34)11-29-24(39)25(26,27)28)22(37)30-14(3)21(36)31-16(10-19(35)40-4)17(33)12-41-23(38)15-8-6-5-7-9-15/h5-9,13-14,16,20H,10-12H2,1-4H3,(H,29,39)(H,30,37)(H,31,36)(H,32,34). The number of Topliss-reactive ketones (excluding diaryl/α,β-unsaturated/α-hetero) is 1. The van der Waals surface area contributed by atoms with Crippen LogP contribution in [0.15, 0.2) is 30.3 Å². The number of rotatable bonds is 14. The fourth-order valence-corrected chi connectivity index (χ4v) is 3.08. The maximum Gasteiger partial charge on any atom is 0.471 e. The molecule has 13 nitrogen and oxygen atoms in total. The molecule has 0 aromatic heterocycles. The summed E-state index contributed by atoms with van der Waals surface area (Å²) in [5, 5.41) is 8.11. The maximum atomic E-state index is 12.7. The molecular formula is C25H31F3N4O9. The zero-order valence-electron chi connectivity index (χ0n) is 22.6. The molecule has 0 aliphatic heterocycles. The Bertz CT molecular complexity index is 1130. The minimum atomic E-state index is -5.20. The lowest BCUT2D eigenvalue weighted by molar-refractivity contribution is -0.173. The summed E-state index contributed by atoms with van der Waals surface area (Å²) in [5.41, 5.74) is 0.166. The molecular weight excluding hydrogens is 557 g/mol. The summed E-state index contributed by atoms with van der Waals surface area (Å²) in [6.45, 7) is 2.39. The first kappa shape index (κ1) is 34.5. The van der Waals surface area contributed by atoms with Gasteiger partial charge in [-0.05, 0) is 25.0 Å². The van der Waals surface area contributed by atoms with E-state index in [1.54, 1.807) is 18.2 Å². The lowest BCUT2D eigenvalue weighted by atomic mass is 10.0. The lowest BCUT2D eigenvalue weighted by Gasteiger charge is -2.25. The van der Waals surface area contributed by atoms with Crippen molar-refractivity contribution in [2.45, 2.75) is 51.5 Å². The fraction of sp³-hybridized carbons (Fsp3) is 0.480. The van der Waals surface area contributed by atoms with Crippen molar-refractivity contribution < 1.29 is 56.2 Å². The van der Waals surface area contributed by atoms with Crippen LogP contribution in [0.2, 0.25) is 0 Å². The van der Waals surface area contributed by atoms with E-state index in [1.165, 1.54) is 38.2 Å². The first-order chi connectivity index (χ1) is 19.1. The minimum absolute atomic E-state index is 0.166. The van der Waals surface area contributed by atoms with E-state index < -0.39 is 91.1 Å². The van der Waals surface area contributed by atoms with Crippen molar-refractivity contribution in [3.05, 3.63) is 35.9 Å². The number of ketones is 1. The Labute approximate surface area is 232 Å². The third-order valence-corrected chi connectivity index (χ3v) is 5.34. The molecule has 0 fully saturated rings. The third kappa shape index (κ3) is 12.0. The molecule has 4 N–H and O–H groups in total. The number of amides is 4. The van der Waals surface area contributed by atoms with Crippen LogP contribution >= 0.6 is 0 Å². The number of methoxy groups -OCH3 is 1. The number of hydrogen-bond donors (Lipinski definition) is 4. The van der Waals surface area contributed by atoms with Crippen molar-refractivity contribution in [2.75, 3.05) is 20.3 Å². The molecule has 16 heteroatoms. The Morgan fingerprint density at radius 1 is 0.878 bits per heavy atom. The van der Waals surface area contributed by atoms with Gasteiger partial charge in [0.1, 0.15) is 18.1 Å². The van der Waals surface area contributed by atoms with Gasteiger partial charge in [0.2, 0.25) is 17.7 Å². The van der Waals surface area contributed by atoms with Gasteiger partial charge in [-0.15, -0.1) is 0 Å². The molecule has 4 amide bonds. The van der Waals surface area contributed by atoms with E-state index >= 15 is 0 Å². The van der Waals surface area contributed by atoms with Gasteiger partial charge in [0.05, 0.1) is 25.6 Å². The molecule has 0 saturated heterocycles. The van der Waals surface area contributed by atoms with E-state index in [0.29, 0.717) is 0 Å². The molecule has 0 aliphatic carbocycles. The van der Waals surface area contributed by atoms with Gasteiger partial charge in [-0.2, -0.15) is 13.2 Å². The Morgan fingerprint density at radius 2 is 1.49 bits per heavy atom. The second-order valence-electron chi connectivity index (χ2n) is 8.95. The molecule has 3 unspecified atom stereocenters. The van der Waals surface area contributed by atoms with E-state index in [2.05, 4.69) is 20.7 Å². The van der Waals surface area contributed by atoms with Crippen LogP contribution in [-0.2, 0) is 38.2 Å². The number of alkyl halides is 3. The Balaban J connectivity index is 2.80. The van der Waals surface area contributed by atoms with Gasteiger partial charge in [-0.1, -0.05) is 32.0 Å². The van der Waals surface area contributed by atoms with Gasteiger partial charge in [0.25, 0.3) is 0 Å². The highest BCUT2D eigenvalue weighted by Crippen LogP contribution is 2.13. The topological polar surface area (TPSA) is 186 Å². The van der Waals surface area contributed by atoms with Crippen molar-refractivity contribution in [3.63, 3.8) is 0 Å². The summed E-state index contributed by atoms with van der Waals surface area (Å²) in [4.78, 5) is 84.9. The van der Waals surface area contributed by atoms with Crippen LogP contribution in [0.1, 0.15) is 37.6 Å². The monoisotopic (exact) mass is 588 g/mol. The summed E-state index contributed by atoms with van der Waals surface area (Å²) in [6.07, 6.45) is -5.81. The van der Waals surface area contributed by atoms with Gasteiger partial charge in [-0.3, -0.25) is 28.8 Å². The van der Waals surface area contributed by atoms with Crippen LogP contribution in [0, 0.1) is 5.92 Å². The van der Waals surface area contributed by atoms with Crippen molar-refractivity contribution in [2.24, 2.45) is 5.92 Å². The number of hydrogen-bond acceptors (Lipinski definition) is 9. The van der Waals surface area contributed by atoms with Crippen molar-refractivity contribution in [3.8, 4) is 0 Å². The highest BCUT2D eigenvalue weighted by atomic mass is 19.4. The summed E-state index contributed by atoms with van der Waals surface area (Å²) in [5.74, 6) is -8.39. The molecule has 0 heterocycles. The Morgan fingerprint density at radius 3 is 2.02 bits per heavy atom. The summed E-state index contributed by atoms with van der Waals surface area (Å²) >= 11 is 0. The number of halogens is 3. The van der Waals surface area contributed by atoms with Crippen LogP contribution in [0.3, 0.4) is 0 Å².